The molecule has 0 unspecified atom stereocenters. The van der Waals surface area contributed by atoms with Gasteiger partial charge in [-0.1, -0.05) is 98.9 Å². The second-order valence-corrected chi connectivity index (χ2v) is 9.59. The fraction of sp³-hybridized carbons (Fsp3) is 0.133. The van der Waals surface area contributed by atoms with E-state index < -0.39 is 0 Å². The van der Waals surface area contributed by atoms with Crippen molar-refractivity contribution < 1.29 is 0 Å². The zero-order chi connectivity index (χ0) is 25.1. The molecule has 8 rings (SSSR count). The Balaban J connectivity index is 0.000000131. The molecule has 0 saturated heterocycles. The molecular weight excluding hydrogens is 480 g/mol. The molecular formula is C30H28N4S2. The summed E-state index contributed by atoms with van der Waals surface area (Å²) in [5.41, 5.74) is 7.01. The highest BCUT2D eigenvalue weighted by Gasteiger charge is 2.10. The summed E-state index contributed by atoms with van der Waals surface area (Å²) in [5, 5.41) is 0. The van der Waals surface area contributed by atoms with Crippen molar-refractivity contribution in [3.63, 3.8) is 0 Å². The number of benzene rings is 4. The van der Waals surface area contributed by atoms with E-state index in [2.05, 4.69) is 104 Å². The van der Waals surface area contributed by atoms with Crippen molar-refractivity contribution in [1.29, 1.82) is 0 Å². The second kappa shape index (κ2) is 10.5. The summed E-state index contributed by atoms with van der Waals surface area (Å²) in [6, 6.07) is 33.4. The molecule has 0 radical (unpaired) electrons. The molecule has 0 bridgehead atoms. The lowest BCUT2D eigenvalue weighted by Crippen LogP contribution is -1.78. The van der Waals surface area contributed by atoms with E-state index in [-0.39, 0.29) is 0 Å². The van der Waals surface area contributed by atoms with E-state index in [1.165, 1.54) is 31.5 Å². The molecule has 0 N–H and O–H groups in total. The number of imidazole rings is 2. The smallest absolute Gasteiger partial charge is 0.195 e. The van der Waals surface area contributed by atoms with E-state index in [0.717, 1.165) is 21.0 Å². The Morgan fingerprint density at radius 3 is 1.19 bits per heavy atom. The third-order valence-corrected chi connectivity index (χ3v) is 7.72. The van der Waals surface area contributed by atoms with Crippen LogP contribution in [0.2, 0.25) is 0 Å². The van der Waals surface area contributed by atoms with Crippen molar-refractivity contribution >= 4 is 75.1 Å². The van der Waals surface area contributed by atoms with Crippen LogP contribution in [0.3, 0.4) is 0 Å². The zero-order valence-electron chi connectivity index (χ0n) is 20.8. The van der Waals surface area contributed by atoms with Crippen LogP contribution in [0.4, 0.5) is 0 Å². The van der Waals surface area contributed by atoms with E-state index in [0.29, 0.717) is 0 Å². The lowest BCUT2D eigenvalue weighted by atomic mass is 10.3. The highest BCUT2D eigenvalue weighted by Crippen LogP contribution is 2.30. The SMILES string of the molecule is CC.CC.c1ccc2c(c1)nc1sc3ccccc3n12.c1ccc2c(c1)nc1sc3ccccc3n12. The van der Waals surface area contributed by atoms with Crippen molar-refractivity contribution in [3.05, 3.63) is 97.1 Å². The largest absolute Gasteiger partial charge is 0.283 e. The molecule has 4 aromatic carbocycles. The van der Waals surface area contributed by atoms with E-state index in [9.17, 15) is 0 Å². The summed E-state index contributed by atoms with van der Waals surface area (Å²) in [7, 11) is 0. The van der Waals surface area contributed by atoms with Gasteiger partial charge in [0.25, 0.3) is 0 Å². The van der Waals surface area contributed by atoms with Gasteiger partial charge in [0.05, 0.1) is 42.5 Å². The Bertz CT molecular complexity index is 1630. The molecule has 0 atom stereocenters. The molecule has 180 valence electrons. The Hall–Kier alpha value is -3.74. The molecule has 8 aromatic rings. The van der Waals surface area contributed by atoms with Gasteiger partial charge in [-0.25, -0.2) is 9.97 Å². The summed E-state index contributed by atoms with van der Waals surface area (Å²) < 4.78 is 7.04. The molecule has 6 heteroatoms. The molecule has 0 amide bonds. The monoisotopic (exact) mass is 508 g/mol. The normalized spacial score (nSPS) is 10.8. The molecule has 0 aliphatic rings. The Kier molecular flexibility index (Phi) is 6.98. The van der Waals surface area contributed by atoms with Crippen LogP contribution in [0, 0.1) is 0 Å². The van der Waals surface area contributed by atoms with Crippen LogP contribution < -0.4 is 0 Å². The number of thiazole rings is 2. The van der Waals surface area contributed by atoms with Gasteiger partial charge in [0, 0.05) is 0 Å². The molecule has 0 fully saturated rings. The Morgan fingerprint density at radius 1 is 0.444 bits per heavy atom. The number of rotatable bonds is 0. The summed E-state index contributed by atoms with van der Waals surface area (Å²) in [5.74, 6) is 0. The molecule has 0 aliphatic heterocycles. The van der Waals surface area contributed by atoms with Gasteiger partial charge in [-0.05, 0) is 48.5 Å². The standard InChI is InChI=1S/2C13H8N2S.2C2H6/c2*1-2-6-10-9(5-1)14-13-15(10)11-7-3-4-8-12(11)16-13;2*1-2/h2*1-8H;2*1-2H3. The number of nitrogens with zero attached hydrogens (tertiary/aromatic N) is 4. The molecule has 36 heavy (non-hydrogen) atoms. The van der Waals surface area contributed by atoms with Crippen molar-refractivity contribution in [2.24, 2.45) is 0 Å². The van der Waals surface area contributed by atoms with Gasteiger partial charge in [0.15, 0.2) is 9.92 Å². The number of hydrogen-bond donors (Lipinski definition) is 0. The highest BCUT2D eigenvalue weighted by molar-refractivity contribution is 7.24. The second-order valence-electron chi connectivity index (χ2n) is 7.58. The Morgan fingerprint density at radius 2 is 0.778 bits per heavy atom. The van der Waals surface area contributed by atoms with Crippen LogP contribution in [0.1, 0.15) is 27.7 Å². The summed E-state index contributed by atoms with van der Waals surface area (Å²) in [6.07, 6.45) is 0. The van der Waals surface area contributed by atoms with Gasteiger partial charge in [-0.15, -0.1) is 0 Å². The first-order valence-electron chi connectivity index (χ1n) is 12.4. The maximum absolute atomic E-state index is 4.63. The Labute approximate surface area is 218 Å². The third kappa shape index (κ3) is 4.02. The summed E-state index contributed by atoms with van der Waals surface area (Å²) in [6.45, 7) is 8.00. The predicted molar refractivity (Wildman–Crippen MR) is 159 cm³/mol. The van der Waals surface area contributed by atoms with Crippen LogP contribution in [0.15, 0.2) is 97.1 Å². The van der Waals surface area contributed by atoms with Crippen molar-refractivity contribution in [3.8, 4) is 0 Å². The number of fused-ring (bicyclic) bond motifs is 10. The average molecular weight is 509 g/mol. The molecule has 4 aromatic heterocycles. The van der Waals surface area contributed by atoms with Crippen LogP contribution in [0.25, 0.3) is 52.4 Å². The van der Waals surface area contributed by atoms with Gasteiger partial charge in [-0.2, -0.15) is 0 Å². The number of para-hydroxylation sites is 6. The van der Waals surface area contributed by atoms with E-state index in [1.807, 2.05) is 39.8 Å². The van der Waals surface area contributed by atoms with Gasteiger partial charge in [0.1, 0.15) is 0 Å². The van der Waals surface area contributed by atoms with Gasteiger partial charge >= 0.3 is 0 Å². The number of hydrogen-bond acceptors (Lipinski definition) is 4. The first-order valence-corrected chi connectivity index (χ1v) is 14.0. The van der Waals surface area contributed by atoms with Crippen LogP contribution >= 0.6 is 22.7 Å². The van der Waals surface area contributed by atoms with E-state index >= 15 is 0 Å². The highest BCUT2D eigenvalue weighted by atomic mass is 32.1. The topological polar surface area (TPSA) is 34.6 Å². The molecule has 0 spiro atoms. The molecule has 4 nitrogen and oxygen atoms in total. The minimum atomic E-state index is 1.07. The fourth-order valence-electron chi connectivity index (χ4n) is 4.26. The van der Waals surface area contributed by atoms with Gasteiger partial charge in [0.2, 0.25) is 0 Å². The van der Waals surface area contributed by atoms with Crippen molar-refractivity contribution in [2.75, 3.05) is 0 Å². The molecule has 0 aliphatic carbocycles. The van der Waals surface area contributed by atoms with E-state index in [4.69, 9.17) is 0 Å². The number of aromatic nitrogens is 4. The maximum Gasteiger partial charge on any atom is 0.195 e. The van der Waals surface area contributed by atoms with Crippen LogP contribution in [-0.2, 0) is 0 Å². The quantitative estimate of drug-likeness (QED) is 0.204. The predicted octanol–water partition coefficient (Wildman–Crippen LogP) is 9.46. The molecule has 4 heterocycles. The maximum atomic E-state index is 4.63. The van der Waals surface area contributed by atoms with Crippen LogP contribution in [0.5, 0.6) is 0 Å². The first-order chi connectivity index (χ1) is 17.9. The summed E-state index contributed by atoms with van der Waals surface area (Å²) >= 11 is 3.48. The minimum absolute atomic E-state index is 1.07. The molecule has 0 saturated carbocycles. The zero-order valence-corrected chi connectivity index (χ0v) is 22.5. The average Bonchev–Trinajstić information content (AvgIpc) is 3.68. The lowest BCUT2D eigenvalue weighted by Gasteiger charge is -1.92. The summed E-state index contributed by atoms with van der Waals surface area (Å²) in [4.78, 5) is 11.4. The third-order valence-electron chi connectivity index (χ3n) is 5.67. The fourth-order valence-corrected chi connectivity index (χ4v) is 6.34. The van der Waals surface area contributed by atoms with Crippen LogP contribution in [-0.4, -0.2) is 18.8 Å². The lowest BCUT2D eigenvalue weighted by molar-refractivity contribution is 1.35. The van der Waals surface area contributed by atoms with E-state index in [1.54, 1.807) is 22.7 Å². The minimum Gasteiger partial charge on any atom is -0.283 e. The van der Waals surface area contributed by atoms with Gasteiger partial charge < -0.3 is 0 Å². The van der Waals surface area contributed by atoms with Crippen molar-refractivity contribution in [1.82, 2.24) is 18.8 Å². The first kappa shape index (κ1) is 24.0. The van der Waals surface area contributed by atoms with Crippen molar-refractivity contribution in [2.45, 2.75) is 27.7 Å². The van der Waals surface area contributed by atoms with Gasteiger partial charge in [-0.3, -0.25) is 8.80 Å².